The molecule has 0 aromatic rings. The lowest BCUT2D eigenvalue weighted by molar-refractivity contribution is -0.137. The third kappa shape index (κ3) is 11.6. The second-order valence-electron chi connectivity index (χ2n) is 5.48. The molecule has 0 fully saturated rings. The Morgan fingerprint density at radius 3 is 2.47 bits per heavy atom. The maximum atomic E-state index is 10.3. The van der Waals surface area contributed by atoms with Crippen molar-refractivity contribution >= 4 is 5.97 Å². The first kappa shape index (κ1) is 16.4. The highest BCUT2D eigenvalue weighted by molar-refractivity contribution is 5.66. The number of unbranched alkanes of at least 4 members (excludes halogenated alkanes) is 2. The molecular weight excluding hydrogens is 218 g/mol. The van der Waals surface area contributed by atoms with Crippen molar-refractivity contribution in [3.8, 4) is 0 Å². The molecule has 3 N–H and O–H groups in total. The van der Waals surface area contributed by atoms with E-state index in [0.717, 1.165) is 32.2 Å². The molecule has 0 aliphatic heterocycles. The van der Waals surface area contributed by atoms with E-state index in [1.807, 2.05) is 6.92 Å². The van der Waals surface area contributed by atoms with Gasteiger partial charge >= 0.3 is 5.97 Å². The summed E-state index contributed by atoms with van der Waals surface area (Å²) in [5.74, 6) is -0.236. The van der Waals surface area contributed by atoms with E-state index < -0.39 is 11.6 Å². The molecule has 0 aliphatic rings. The number of rotatable bonds is 10. The van der Waals surface area contributed by atoms with Crippen LogP contribution in [0.15, 0.2) is 0 Å². The van der Waals surface area contributed by atoms with Crippen LogP contribution in [0, 0.1) is 5.92 Å². The molecule has 0 aromatic carbocycles. The van der Waals surface area contributed by atoms with E-state index in [-0.39, 0.29) is 6.42 Å². The van der Waals surface area contributed by atoms with Gasteiger partial charge in [-0.1, -0.05) is 20.3 Å². The Labute approximate surface area is 104 Å². The third-order valence-corrected chi connectivity index (χ3v) is 2.60. The van der Waals surface area contributed by atoms with Gasteiger partial charge in [0, 0.05) is 13.0 Å². The molecule has 0 heterocycles. The van der Waals surface area contributed by atoms with Gasteiger partial charge < -0.3 is 15.5 Å². The fourth-order valence-electron chi connectivity index (χ4n) is 2.01. The molecule has 1 atom stereocenters. The number of carboxylic acids is 1. The summed E-state index contributed by atoms with van der Waals surface area (Å²) in [6, 6.07) is 0. The normalized spacial score (nSPS) is 14.9. The minimum atomic E-state index is -0.724. The van der Waals surface area contributed by atoms with Crippen molar-refractivity contribution in [3.63, 3.8) is 0 Å². The molecule has 0 aromatic heterocycles. The summed E-state index contributed by atoms with van der Waals surface area (Å²) in [5.41, 5.74) is -0.644. The Balaban J connectivity index is 3.41. The van der Waals surface area contributed by atoms with Crippen molar-refractivity contribution < 1.29 is 15.0 Å². The van der Waals surface area contributed by atoms with Crippen molar-refractivity contribution in [2.45, 2.75) is 58.5 Å². The second kappa shape index (κ2) is 8.48. The van der Waals surface area contributed by atoms with Crippen LogP contribution in [0.1, 0.15) is 52.9 Å². The Morgan fingerprint density at radius 1 is 1.29 bits per heavy atom. The van der Waals surface area contributed by atoms with Gasteiger partial charge in [0.1, 0.15) is 0 Å². The molecule has 17 heavy (non-hydrogen) atoms. The number of carbonyl (C=O) groups is 1. The quantitative estimate of drug-likeness (QED) is 0.515. The van der Waals surface area contributed by atoms with E-state index in [2.05, 4.69) is 19.2 Å². The van der Waals surface area contributed by atoms with Crippen LogP contribution in [-0.2, 0) is 4.79 Å². The number of aliphatic hydroxyl groups is 1. The van der Waals surface area contributed by atoms with Gasteiger partial charge in [-0.05, 0) is 38.6 Å². The molecule has 0 saturated carbocycles. The predicted octanol–water partition coefficient (Wildman–Crippen LogP) is 2.02. The van der Waals surface area contributed by atoms with Crippen molar-refractivity contribution in [2.75, 3.05) is 13.1 Å². The van der Waals surface area contributed by atoms with Gasteiger partial charge in [0.25, 0.3) is 0 Å². The molecule has 102 valence electrons. The Hall–Kier alpha value is -0.610. The average Bonchev–Trinajstić information content (AvgIpc) is 2.13. The SMILES string of the molecule is CC(C)CC(C)(O)CNCCCCCC(=O)O. The van der Waals surface area contributed by atoms with E-state index in [9.17, 15) is 9.90 Å². The van der Waals surface area contributed by atoms with Gasteiger partial charge in [0.15, 0.2) is 0 Å². The number of aliphatic carboxylic acids is 1. The van der Waals surface area contributed by atoms with E-state index in [1.165, 1.54) is 0 Å². The Morgan fingerprint density at radius 2 is 1.94 bits per heavy atom. The first-order valence-corrected chi connectivity index (χ1v) is 6.48. The zero-order valence-corrected chi connectivity index (χ0v) is 11.3. The molecule has 0 amide bonds. The Bertz CT molecular complexity index is 215. The number of nitrogens with one attached hydrogen (secondary N) is 1. The van der Waals surface area contributed by atoms with Crippen LogP contribution in [0.3, 0.4) is 0 Å². The minimum absolute atomic E-state index is 0.255. The third-order valence-electron chi connectivity index (χ3n) is 2.60. The van der Waals surface area contributed by atoms with Gasteiger partial charge in [0.05, 0.1) is 5.60 Å². The predicted molar refractivity (Wildman–Crippen MR) is 69.1 cm³/mol. The molecule has 0 bridgehead atoms. The lowest BCUT2D eigenvalue weighted by Crippen LogP contribution is -2.39. The number of hydrogen-bond donors (Lipinski definition) is 3. The van der Waals surface area contributed by atoms with Crippen LogP contribution in [0.5, 0.6) is 0 Å². The van der Waals surface area contributed by atoms with Crippen LogP contribution in [0.2, 0.25) is 0 Å². The molecule has 0 spiro atoms. The van der Waals surface area contributed by atoms with E-state index in [0.29, 0.717) is 12.5 Å². The lowest BCUT2D eigenvalue weighted by Gasteiger charge is -2.25. The first-order chi connectivity index (χ1) is 7.83. The molecule has 0 aliphatic carbocycles. The van der Waals surface area contributed by atoms with Gasteiger partial charge in [-0.25, -0.2) is 0 Å². The summed E-state index contributed by atoms with van der Waals surface area (Å²) >= 11 is 0. The van der Waals surface area contributed by atoms with Crippen molar-refractivity contribution in [3.05, 3.63) is 0 Å². The van der Waals surface area contributed by atoms with Gasteiger partial charge in [0.2, 0.25) is 0 Å². The molecule has 0 radical (unpaired) electrons. The zero-order valence-electron chi connectivity index (χ0n) is 11.3. The summed E-state index contributed by atoms with van der Waals surface area (Å²) in [4.78, 5) is 10.3. The van der Waals surface area contributed by atoms with Crippen molar-refractivity contribution in [2.24, 2.45) is 5.92 Å². The fraction of sp³-hybridized carbons (Fsp3) is 0.923. The molecule has 4 heteroatoms. The van der Waals surface area contributed by atoms with Gasteiger partial charge in [-0.2, -0.15) is 0 Å². The van der Waals surface area contributed by atoms with E-state index in [4.69, 9.17) is 5.11 Å². The topological polar surface area (TPSA) is 69.6 Å². The van der Waals surface area contributed by atoms with E-state index >= 15 is 0 Å². The molecule has 0 saturated heterocycles. The monoisotopic (exact) mass is 245 g/mol. The number of hydrogen-bond acceptors (Lipinski definition) is 3. The summed E-state index contributed by atoms with van der Waals surface area (Å²) in [6.07, 6.45) is 3.67. The number of carboxylic acid groups (broad SMARTS) is 1. The molecule has 4 nitrogen and oxygen atoms in total. The molecule has 1 unspecified atom stereocenters. The Kier molecular flexibility index (Phi) is 8.17. The summed E-state index contributed by atoms with van der Waals surface area (Å²) in [7, 11) is 0. The highest BCUT2D eigenvalue weighted by Gasteiger charge is 2.20. The second-order valence-corrected chi connectivity index (χ2v) is 5.48. The fourth-order valence-corrected chi connectivity index (χ4v) is 2.01. The summed E-state index contributed by atoms with van der Waals surface area (Å²) < 4.78 is 0. The summed E-state index contributed by atoms with van der Waals surface area (Å²) in [6.45, 7) is 7.49. The van der Waals surface area contributed by atoms with Crippen molar-refractivity contribution in [1.29, 1.82) is 0 Å². The highest BCUT2D eigenvalue weighted by Crippen LogP contribution is 2.14. The van der Waals surface area contributed by atoms with E-state index in [1.54, 1.807) is 0 Å². The van der Waals surface area contributed by atoms with Crippen LogP contribution in [-0.4, -0.2) is 34.9 Å². The smallest absolute Gasteiger partial charge is 0.303 e. The highest BCUT2D eigenvalue weighted by atomic mass is 16.4. The van der Waals surface area contributed by atoms with Gasteiger partial charge in [-0.3, -0.25) is 4.79 Å². The average molecular weight is 245 g/mol. The maximum absolute atomic E-state index is 10.3. The van der Waals surface area contributed by atoms with Crippen LogP contribution >= 0.6 is 0 Å². The summed E-state index contributed by atoms with van der Waals surface area (Å²) in [5, 5.41) is 21.7. The lowest BCUT2D eigenvalue weighted by atomic mass is 9.94. The van der Waals surface area contributed by atoms with Crippen molar-refractivity contribution in [1.82, 2.24) is 5.32 Å². The molecular formula is C13H27NO3. The largest absolute Gasteiger partial charge is 0.481 e. The maximum Gasteiger partial charge on any atom is 0.303 e. The van der Waals surface area contributed by atoms with Gasteiger partial charge in [-0.15, -0.1) is 0 Å². The standard InChI is InChI=1S/C13H27NO3/c1-11(2)9-13(3,17)10-14-8-6-4-5-7-12(15)16/h11,14,17H,4-10H2,1-3H3,(H,15,16). The first-order valence-electron chi connectivity index (χ1n) is 6.48. The molecule has 0 rings (SSSR count). The van der Waals surface area contributed by atoms with Crippen LogP contribution in [0.4, 0.5) is 0 Å². The zero-order chi connectivity index (χ0) is 13.3. The van der Waals surface area contributed by atoms with Crippen LogP contribution in [0.25, 0.3) is 0 Å². The van der Waals surface area contributed by atoms with Crippen LogP contribution < -0.4 is 5.32 Å². The minimum Gasteiger partial charge on any atom is -0.481 e.